The van der Waals surface area contributed by atoms with Crippen molar-refractivity contribution in [2.24, 2.45) is 5.73 Å². The lowest BCUT2D eigenvalue weighted by atomic mass is 10.0. The van der Waals surface area contributed by atoms with Gasteiger partial charge in [-0.1, -0.05) is 18.2 Å². The van der Waals surface area contributed by atoms with Crippen LogP contribution in [0.1, 0.15) is 34.0 Å². The molecule has 0 spiro atoms. The number of carbonyl (C=O) groups excluding carboxylic acids is 2. The molecule has 0 saturated carbocycles. The van der Waals surface area contributed by atoms with Crippen molar-refractivity contribution in [1.82, 2.24) is 15.3 Å². The Bertz CT molecular complexity index is 931. The lowest BCUT2D eigenvalue weighted by Crippen LogP contribution is -2.43. The van der Waals surface area contributed by atoms with Gasteiger partial charge in [-0.05, 0) is 18.6 Å². The van der Waals surface area contributed by atoms with E-state index in [1.54, 1.807) is 12.3 Å². The topological polar surface area (TPSA) is 110 Å². The van der Waals surface area contributed by atoms with E-state index in [-0.39, 0.29) is 11.7 Å². The molecule has 1 amide bonds. The molecule has 2 aromatic heterocycles. The molecule has 2 heterocycles. The van der Waals surface area contributed by atoms with Gasteiger partial charge in [0.2, 0.25) is 0 Å². The molecule has 1 aromatic carbocycles. The third-order valence-corrected chi connectivity index (χ3v) is 5.08. The Labute approximate surface area is 154 Å². The highest BCUT2D eigenvalue weighted by Gasteiger charge is 2.25. The van der Waals surface area contributed by atoms with Gasteiger partial charge in [0, 0.05) is 28.9 Å². The fourth-order valence-electron chi connectivity index (χ4n) is 2.69. The molecule has 2 atom stereocenters. The number of benzene rings is 1. The molecule has 0 saturated heterocycles. The van der Waals surface area contributed by atoms with Crippen molar-refractivity contribution in [3.63, 3.8) is 0 Å². The van der Waals surface area contributed by atoms with Crippen LogP contribution in [0, 0.1) is 0 Å². The zero-order valence-electron chi connectivity index (χ0n) is 14.5. The number of rotatable bonds is 6. The molecule has 0 radical (unpaired) electrons. The van der Waals surface area contributed by atoms with Gasteiger partial charge in [-0.3, -0.25) is 4.79 Å². The van der Waals surface area contributed by atoms with Gasteiger partial charge in [-0.25, -0.2) is 9.78 Å². The Kier molecular flexibility index (Phi) is 5.34. The quantitative estimate of drug-likeness (QED) is 0.574. The Morgan fingerprint density at radius 1 is 1.38 bits per heavy atom. The van der Waals surface area contributed by atoms with Crippen LogP contribution in [-0.2, 0) is 16.0 Å². The summed E-state index contributed by atoms with van der Waals surface area (Å²) in [4.78, 5) is 32.0. The van der Waals surface area contributed by atoms with Gasteiger partial charge in [0.15, 0.2) is 0 Å². The number of thiazole rings is 1. The van der Waals surface area contributed by atoms with E-state index in [0.717, 1.165) is 16.5 Å². The molecular weight excluding hydrogens is 352 g/mol. The van der Waals surface area contributed by atoms with Gasteiger partial charge in [0.25, 0.3) is 5.91 Å². The van der Waals surface area contributed by atoms with Crippen molar-refractivity contribution in [1.29, 1.82) is 0 Å². The molecule has 26 heavy (non-hydrogen) atoms. The van der Waals surface area contributed by atoms with E-state index < -0.39 is 17.9 Å². The molecule has 136 valence electrons. The first-order valence-electron chi connectivity index (χ1n) is 8.14. The summed E-state index contributed by atoms with van der Waals surface area (Å²) in [5.74, 6) is -0.935. The lowest BCUT2D eigenvalue weighted by Gasteiger charge is -2.15. The van der Waals surface area contributed by atoms with Crippen molar-refractivity contribution in [3.8, 4) is 0 Å². The van der Waals surface area contributed by atoms with E-state index in [0.29, 0.717) is 11.4 Å². The highest BCUT2D eigenvalue weighted by molar-refractivity contribution is 7.09. The molecule has 0 aliphatic rings. The first kappa shape index (κ1) is 18.1. The third-order valence-electron chi connectivity index (χ3n) is 4.03. The highest BCUT2D eigenvalue weighted by Crippen LogP contribution is 2.20. The van der Waals surface area contributed by atoms with Crippen LogP contribution in [0.3, 0.4) is 0 Å². The molecule has 7 nitrogen and oxygen atoms in total. The number of aromatic amines is 1. The van der Waals surface area contributed by atoms with E-state index in [2.05, 4.69) is 15.3 Å². The molecule has 0 fully saturated rings. The second-order valence-corrected chi connectivity index (χ2v) is 6.86. The smallest absolute Gasteiger partial charge is 0.328 e. The number of fused-ring (bicyclic) bond motifs is 1. The number of carbonyl (C=O) groups is 2. The Morgan fingerprint density at radius 2 is 2.15 bits per heavy atom. The average Bonchev–Trinajstić information content (AvgIpc) is 3.28. The molecule has 3 aromatic rings. The van der Waals surface area contributed by atoms with Gasteiger partial charge >= 0.3 is 5.97 Å². The summed E-state index contributed by atoms with van der Waals surface area (Å²) in [7, 11) is 1.30. The number of H-pyrrole nitrogens is 1. The summed E-state index contributed by atoms with van der Waals surface area (Å²) in [6.07, 6.45) is 2.15. The average molecular weight is 372 g/mol. The van der Waals surface area contributed by atoms with Gasteiger partial charge in [-0.15, -0.1) is 11.3 Å². The Balaban J connectivity index is 1.79. The van der Waals surface area contributed by atoms with Crippen LogP contribution >= 0.6 is 11.3 Å². The molecule has 0 unspecified atom stereocenters. The number of methoxy groups -OCH3 is 1. The summed E-state index contributed by atoms with van der Waals surface area (Å²) < 4.78 is 4.85. The predicted octanol–water partition coefficient (Wildman–Crippen LogP) is 2.16. The first-order chi connectivity index (χ1) is 12.5. The number of aromatic nitrogens is 2. The van der Waals surface area contributed by atoms with E-state index in [1.165, 1.54) is 18.4 Å². The van der Waals surface area contributed by atoms with E-state index in [1.807, 2.05) is 30.5 Å². The number of nitrogens with two attached hydrogens (primary N) is 1. The molecule has 3 rings (SSSR count). The number of para-hydroxylation sites is 1. The van der Waals surface area contributed by atoms with Crippen molar-refractivity contribution in [2.45, 2.75) is 25.4 Å². The van der Waals surface area contributed by atoms with Gasteiger partial charge in [0.05, 0.1) is 13.2 Å². The van der Waals surface area contributed by atoms with E-state index in [4.69, 9.17) is 10.5 Å². The minimum atomic E-state index is -0.813. The van der Waals surface area contributed by atoms with E-state index >= 15 is 0 Å². The molecule has 0 aliphatic heterocycles. The maximum Gasteiger partial charge on any atom is 0.328 e. The summed E-state index contributed by atoms with van der Waals surface area (Å²) in [5, 5.41) is 6.02. The monoisotopic (exact) mass is 372 g/mol. The molecule has 4 N–H and O–H groups in total. The van der Waals surface area contributed by atoms with Crippen molar-refractivity contribution in [2.75, 3.05) is 7.11 Å². The minimum absolute atomic E-state index is 0.245. The number of hydrogen-bond donors (Lipinski definition) is 3. The lowest BCUT2D eigenvalue weighted by molar-refractivity contribution is -0.142. The first-order valence-corrected chi connectivity index (χ1v) is 9.02. The zero-order valence-corrected chi connectivity index (χ0v) is 15.3. The van der Waals surface area contributed by atoms with Crippen LogP contribution in [0.4, 0.5) is 0 Å². The number of nitrogens with zero attached hydrogens (tertiary/aromatic N) is 1. The van der Waals surface area contributed by atoms with Crippen LogP contribution < -0.4 is 11.1 Å². The normalized spacial score (nSPS) is 13.3. The fraction of sp³-hybridized carbons (Fsp3) is 0.278. The second kappa shape index (κ2) is 7.67. The largest absolute Gasteiger partial charge is 0.467 e. The molecule has 0 bridgehead atoms. The number of amides is 1. The number of ether oxygens (including phenoxy) is 1. The number of nitrogens with one attached hydrogen (secondary N) is 2. The Morgan fingerprint density at radius 3 is 2.85 bits per heavy atom. The van der Waals surface area contributed by atoms with Crippen LogP contribution in [0.15, 0.2) is 35.8 Å². The molecular formula is C18H20N4O3S. The standard InChI is InChI=1S/C18H20N4O3S/c1-10(19)17-22-15(9-26-17)16(23)21-14(18(24)25-2)7-11-8-20-13-6-4-3-5-12(11)13/h3-6,8-10,14,20H,7,19H2,1-2H3,(H,21,23)/t10-,14+/m1/s1. The van der Waals surface area contributed by atoms with Crippen LogP contribution in [0.2, 0.25) is 0 Å². The SMILES string of the molecule is COC(=O)[C@H](Cc1c[nH]c2ccccc12)NC(=O)c1csc([C@@H](C)N)n1. The van der Waals surface area contributed by atoms with Gasteiger partial charge in [-0.2, -0.15) is 0 Å². The summed E-state index contributed by atoms with van der Waals surface area (Å²) >= 11 is 1.32. The minimum Gasteiger partial charge on any atom is -0.467 e. The number of esters is 1. The maximum atomic E-state index is 12.5. The van der Waals surface area contributed by atoms with Crippen LogP contribution in [0.5, 0.6) is 0 Å². The van der Waals surface area contributed by atoms with Crippen molar-refractivity contribution >= 4 is 34.1 Å². The molecule has 0 aliphatic carbocycles. The fourth-order valence-corrected chi connectivity index (χ4v) is 3.45. The second-order valence-electron chi connectivity index (χ2n) is 5.97. The summed E-state index contributed by atoms with van der Waals surface area (Å²) in [6, 6.07) is 6.72. The Hall–Kier alpha value is -2.71. The van der Waals surface area contributed by atoms with Gasteiger partial charge < -0.3 is 20.8 Å². The maximum absolute atomic E-state index is 12.5. The van der Waals surface area contributed by atoms with Crippen molar-refractivity contribution in [3.05, 3.63) is 52.1 Å². The predicted molar refractivity (Wildman–Crippen MR) is 100.0 cm³/mol. The number of hydrogen-bond acceptors (Lipinski definition) is 6. The van der Waals surface area contributed by atoms with Crippen LogP contribution in [-0.4, -0.2) is 35.0 Å². The molecule has 8 heteroatoms. The third kappa shape index (κ3) is 3.76. The van der Waals surface area contributed by atoms with Gasteiger partial charge in [0.1, 0.15) is 16.7 Å². The van der Waals surface area contributed by atoms with Crippen molar-refractivity contribution < 1.29 is 14.3 Å². The van der Waals surface area contributed by atoms with E-state index in [9.17, 15) is 9.59 Å². The summed E-state index contributed by atoms with van der Waals surface area (Å²) in [5.41, 5.74) is 7.92. The highest BCUT2D eigenvalue weighted by atomic mass is 32.1. The van der Waals surface area contributed by atoms with Crippen LogP contribution in [0.25, 0.3) is 10.9 Å². The zero-order chi connectivity index (χ0) is 18.7. The summed E-state index contributed by atoms with van der Waals surface area (Å²) in [6.45, 7) is 1.80.